The molecule has 1 aromatic rings. The summed E-state index contributed by atoms with van der Waals surface area (Å²) >= 11 is 1.82. The molecule has 0 spiro atoms. The molecule has 0 radical (unpaired) electrons. The van der Waals surface area contributed by atoms with E-state index in [-0.39, 0.29) is 6.61 Å². The van der Waals surface area contributed by atoms with Gasteiger partial charge in [0.25, 0.3) is 0 Å². The first-order valence-electron chi connectivity index (χ1n) is 6.27. The number of aliphatic hydroxyl groups excluding tert-OH is 1. The van der Waals surface area contributed by atoms with Crippen LogP contribution in [-0.4, -0.2) is 29.8 Å². The molecule has 1 aliphatic carbocycles. The highest BCUT2D eigenvalue weighted by Crippen LogP contribution is 2.31. The van der Waals surface area contributed by atoms with E-state index in [4.69, 9.17) is 9.52 Å². The van der Waals surface area contributed by atoms with E-state index >= 15 is 0 Å². The molecule has 3 nitrogen and oxygen atoms in total. The Hall–Kier alpha value is -0.450. The Labute approximate surface area is 107 Å². The number of fused-ring (bicyclic) bond motifs is 1. The quantitative estimate of drug-likeness (QED) is 0.819. The molecular weight excluding hydrogens is 234 g/mol. The second kappa shape index (κ2) is 6.47. The Morgan fingerprint density at radius 1 is 1.65 bits per heavy atom. The molecule has 1 aromatic heterocycles. The van der Waals surface area contributed by atoms with Crippen molar-refractivity contribution in [2.24, 2.45) is 0 Å². The number of hydrogen-bond acceptors (Lipinski definition) is 4. The molecule has 0 fully saturated rings. The van der Waals surface area contributed by atoms with Gasteiger partial charge in [-0.25, -0.2) is 0 Å². The van der Waals surface area contributed by atoms with Crippen LogP contribution in [0.2, 0.25) is 0 Å². The first-order valence-corrected chi connectivity index (χ1v) is 7.66. The van der Waals surface area contributed by atoms with Crippen molar-refractivity contribution in [2.75, 3.05) is 18.6 Å². The van der Waals surface area contributed by atoms with Crippen LogP contribution in [-0.2, 0) is 6.42 Å². The van der Waals surface area contributed by atoms with Crippen molar-refractivity contribution in [3.05, 3.63) is 23.7 Å². The summed E-state index contributed by atoms with van der Waals surface area (Å²) in [6, 6.07) is 2.88. The van der Waals surface area contributed by atoms with E-state index < -0.39 is 0 Å². The van der Waals surface area contributed by atoms with Crippen LogP contribution in [0, 0.1) is 0 Å². The molecule has 0 unspecified atom stereocenters. The van der Waals surface area contributed by atoms with E-state index in [9.17, 15) is 0 Å². The summed E-state index contributed by atoms with van der Waals surface area (Å²) in [5.74, 6) is 2.19. The van der Waals surface area contributed by atoms with Gasteiger partial charge in [0.2, 0.25) is 0 Å². The van der Waals surface area contributed by atoms with Crippen LogP contribution in [0.3, 0.4) is 0 Å². The molecule has 0 bridgehead atoms. The smallest absolute Gasteiger partial charge is 0.108 e. The number of rotatable bonds is 6. The predicted molar refractivity (Wildman–Crippen MR) is 71.4 cm³/mol. The Bertz CT molecular complexity index is 334. The van der Waals surface area contributed by atoms with Crippen LogP contribution in [0.4, 0.5) is 0 Å². The van der Waals surface area contributed by atoms with Crippen molar-refractivity contribution in [2.45, 2.75) is 37.8 Å². The molecule has 4 heteroatoms. The summed E-state index contributed by atoms with van der Waals surface area (Å²) in [5.41, 5.74) is 1.32. The zero-order valence-electron chi connectivity index (χ0n) is 10.3. The molecule has 2 atom stereocenters. The van der Waals surface area contributed by atoms with Gasteiger partial charge < -0.3 is 14.8 Å². The average Bonchev–Trinajstić information content (AvgIpc) is 2.79. The highest BCUT2D eigenvalue weighted by Gasteiger charge is 2.24. The number of furan rings is 1. The number of nitrogens with one attached hydrogen (secondary N) is 1. The van der Waals surface area contributed by atoms with Gasteiger partial charge >= 0.3 is 0 Å². The molecule has 2 N–H and O–H groups in total. The van der Waals surface area contributed by atoms with Crippen LogP contribution in [0.15, 0.2) is 16.7 Å². The molecule has 0 amide bonds. The average molecular weight is 255 g/mol. The van der Waals surface area contributed by atoms with Crippen molar-refractivity contribution in [1.82, 2.24) is 5.32 Å². The molecule has 0 saturated heterocycles. The fraction of sp³-hybridized carbons (Fsp3) is 0.692. The topological polar surface area (TPSA) is 45.4 Å². The summed E-state index contributed by atoms with van der Waals surface area (Å²) in [5, 5.41) is 12.7. The summed E-state index contributed by atoms with van der Waals surface area (Å²) in [6.07, 6.45) is 8.14. The fourth-order valence-corrected chi connectivity index (χ4v) is 3.18. The molecular formula is C13H21NO2S. The lowest BCUT2D eigenvalue weighted by atomic mass is 9.93. The lowest BCUT2D eigenvalue weighted by molar-refractivity contribution is 0.260. The van der Waals surface area contributed by atoms with Crippen LogP contribution < -0.4 is 5.32 Å². The second-order valence-corrected chi connectivity index (χ2v) is 5.49. The lowest BCUT2D eigenvalue weighted by Crippen LogP contribution is -2.36. The maximum Gasteiger partial charge on any atom is 0.108 e. The van der Waals surface area contributed by atoms with Crippen LogP contribution in [0.5, 0.6) is 0 Å². The standard InChI is InChI=1S/C13H21NO2S/c1-17-9-10(5-7-15)14-12-3-2-4-13-11(12)6-8-16-13/h6,8,10,12,14-15H,2-5,7,9H2,1H3/t10-,12+/m1/s1. The monoisotopic (exact) mass is 255 g/mol. The predicted octanol–water partition coefficient (Wildman–Crippen LogP) is 2.36. The minimum atomic E-state index is 0.253. The Morgan fingerprint density at radius 3 is 3.29 bits per heavy atom. The number of hydrogen-bond donors (Lipinski definition) is 2. The van der Waals surface area contributed by atoms with Gasteiger partial charge in [0.15, 0.2) is 0 Å². The zero-order chi connectivity index (χ0) is 12.1. The largest absolute Gasteiger partial charge is 0.469 e. The van der Waals surface area contributed by atoms with Crippen LogP contribution in [0.25, 0.3) is 0 Å². The van der Waals surface area contributed by atoms with Gasteiger partial charge in [-0.1, -0.05) is 0 Å². The maximum atomic E-state index is 9.08. The van der Waals surface area contributed by atoms with Gasteiger partial charge in [0, 0.05) is 36.4 Å². The number of thioether (sulfide) groups is 1. The highest BCUT2D eigenvalue weighted by atomic mass is 32.2. The minimum absolute atomic E-state index is 0.253. The van der Waals surface area contributed by atoms with Crippen molar-refractivity contribution < 1.29 is 9.52 Å². The van der Waals surface area contributed by atoms with E-state index in [0.29, 0.717) is 12.1 Å². The molecule has 96 valence electrons. The first-order chi connectivity index (χ1) is 8.35. The summed E-state index contributed by atoms with van der Waals surface area (Å²) in [4.78, 5) is 0. The summed E-state index contributed by atoms with van der Waals surface area (Å²) in [6.45, 7) is 0.253. The summed E-state index contributed by atoms with van der Waals surface area (Å²) < 4.78 is 5.49. The second-order valence-electron chi connectivity index (χ2n) is 4.58. The highest BCUT2D eigenvalue weighted by molar-refractivity contribution is 7.98. The molecule has 2 rings (SSSR count). The van der Waals surface area contributed by atoms with Crippen LogP contribution in [0.1, 0.15) is 36.6 Å². The van der Waals surface area contributed by atoms with Crippen molar-refractivity contribution in [3.63, 3.8) is 0 Å². The minimum Gasteiger partial charge on any atom is -0.469 e. The van der Waals surface area contributed by atoms with Crippen molar-refractivity contribution >= 4 is 11.8 Å². The molecule has 0 aliphatic heterocycles. The van der Waals surface area contributed by atoms with Crippen LogP contribution >= 0.6 is 11.8 Å². The van der Waals surface area contributed by atoms with Crippen molar-refractivity contribution in [1.29, 1.82) is 0 Å². The van der Waals surface area contributed by atoms with Gasteiger partial charge in [0.1, 0.15) is 5.76 Å². The molecule has 17 heavy (non-hydrogen) atoms. The van der Waals surface area contributed by atoms with E-state index in [0.717, 1.165) is 24.4 Å². The SMILES string of the molecule is CSC[C@@H](CCO)N[C@H]1CCCc2occc21. The third kappa shape index (κ3) is 3.27. The molecule has 0 aromatic carbocycles. The maximum absolute atomic E-state index is 9.08. The number of aryl methyl sites for hydroxylation is 1. The third-order valence-corrected chi connectivity index (χ3v) is 4.07. The van der Waals surface area contributed by atoms with Gasteiger partial charge in [-0.15, -0.1) is 0 Å². The van der Waals surface area contributed by atoms with E-state index in [1.54, 1.807) is 6.26 Å². The number of aliphatic hydroxyl groups is 1. The van der Waals surface area contributed by atoms with Crippen molar-refractivity contribution in [3.8, 4) is 0 Å². The van der Waals surface area contributed by atoms with E-state index in [1.807, 2.05) is 11.8 Å². The first kappa shape index (κ1) is 13.0. The fourth-order valence-electron chi connectivity index (χ4n) is 2.52. The third-order valence-electron chi connectivity index (χ3n) is 3.33. The molecule has 1 heterocycles. The Balaban J connectivity index is 1.99. The molecule has 1 aliphatic rings. The van der Waals surface area contributed by atoms with Gasteiger partial charge in [0.05, 0.1) is 6.26 Å². The summed E-state index contributed by atoms with van der Waals surface area (Å²) in [7, 11) is 0. The van der Waals surface area contributed by atoms with Gasteiger partial charge in [-0.2, -0.15) is 11.8 Å². The Morgan fingerprint density at radius 2 is 2.53 bits per heavy atom. The molecule has 0 saturated carbocycles. The zero-order valence-corrected chi connectivity index (χ0v) is 11.1. The van der Waals surface area contributed by atoms with Gasteiger partial charge in [-0.3, -0.25) is 0 Å². The lowest BCUT2D eigenvalue weighted by Gasteiger charge is -2.27. The normalized spacial score (nSPS) is 21.2. The van der Waals surface area contributed by atoms with E-state index in [2.05, 4.69) is 17.6 Å². The Kier molecular flexibility index (Phi) is 4.95. The van der Waals surface area contributed by atoms with E-state index in [1.165, 1.54) is 18.4 Å². The van der Waals surface area contributed by atoms with Gasteiger partial charge in [-0.05, 0) is 31.6 Å².